The Kier molecular flexibility index (Phi) is 3.11. The molecule has 3 N–H and O–H groups in total. The summed E-state index contributed by atoms with van der Waals surface area (Å²) in [5.74, 6) is 0.445. The second-order valence-electron chi connectivity index (χ2n) is 3.79. The highest BCUT2D eigenvalue weighted by atomic mass is 79.9. The van der Waals surface area contributed by atoms with Gasteiger partial charge >= 0.3 is 0 Å². The van der Waals surface area contributed by atoms with Gasteiger partial charge in [0.2, 0.25) is 0 Å². The summed E-state index contributed by atoms with van der Waals surface area (Å²) in [6.45, 7) is 0.495. The molecular weight excluding hydrogens is 260 g/mol. The molecular formula is C10H13BrN2O2. The highest BCUT2D eigenvalue weighted by Gasteiger charge is 2.31. The van der Waals surface area contributed by atoms with Crippen molar-refractivity contribution in [3.63, 3.8) is 0 Å². The van der Waals surface area contributed by atoms with Crippen molar-refractivity contribution >= 4 is 21.8 Å². The van der Waals surface area contributed by atoms with Crippen molar-refractivity contribution in [2.75, 3.05) is 6.54 Å². The van der Waals surface area contributed by atoms with Crippen LogP contribution in [-0.2, 0) is 0 Å². The summed E-state index contributed by atoms with van der Waals surface area (Å²) in [6, 6.07) is 1.75. The first kappa shape index (κ1) is 10.7. The number of nitrogens with one attached hydrogen (secondary N) is 1. The van der Waals surface area contributed by atoms with Gasteiger partial charge in [-0.05, 0) is 34.7 Å². The minimum atomic E-state index is -0.119. The van der Waals surface area contributed by atoms with E-state index in [4.69, 9.17) is 10.2 Å². The maximum Gasteiger partial charge on any atom is 0.254 e. The number of hydrogen-bond donors (Lipinski definition) is 2. The SMILES string of the molecule is NCC(NC(=O)c1coc(Br)c1)C1CC1. The maximum absolute atomic E-state index is 11.7. The summed E-state index contributed by atoms with van der Waals surface area (Å²) in [5.41, 5.74) is 6.13. The van der Waals surface area contributed by atoms with E-state index in [0.29, 0.717) is 22.7 Å². The van der Waals surface area contributed by atoms with Crippen LogP contribution in [0.3, 0.4) is 0 Å². The van der Waals surface area contributed by atoms with E-state index in [2.05, 4.69) is 21.2 Å². The minimum Gasteiger partial charge on any atom is -0.457 e. The first-order chi connectivity index (χ1) is 7.20. The fraction of sp³-hybridized carbons (Fsp3) is 0.500. The number of furan rings is 1. The standard InChI is InChI=1S/C10H13BrN2O2/c11-9-3-7(5-15-9)10(14)13-8(4-12)6-1-2-6/h3,5-6,8H,1-2,4,12H2,(H,13,14). The molecule has 0 aromatic carbocycles. The van der Waals surface area contributed by atoms with Crippen LogP contribution in [0.25, 0.3) is 0 Å². The van der Waals surface area contributed by atoms with Gasteiger partial charge in [-0.3, -0.25) is 4.79 Å². The van der Waals surface area contributed by atoms with Crippen molar-refractivity contribution in [3.05, 3.63) is 22.6 Å². The number of carbonyl (C=O) groups is 1. The van der Waals surface area contributed by atoms with Gasteiger partial charge in [-0.2, -0.15) is 0 Å². The van der Waals surface area contributed by atoms with Gasteiger partial charge < -0.3 is 15.5 Å². The number of rotatable bonds is 4. The molecule has 1 unspecified atom stereocenters. The third-order valence-electron chi connectivity index (χ3n) is 2.59. The molecule has 5 heteroatoms. The molecule has 0 radical (unpaired) electrons. The van der Waals surface area contributed by atoms with Crippen molar-refractivity contribution in [1.82, 2.24) is 5.32 Å². The Morgan fingerprint density at radius 2 is 2.47 bits per heavy atom. The molecule has 1 aromatic rings. The Hall–Kier alpha value is -0.810. The molecule has 0 aliphatic heterocycles. The van der Waals surface area contributed by atoms with Crippen LogP contribution in [0.2, 0.25) is 0 Å². The van der Waals surface area contributed by atoms with Crippen LogP contribution < -0.4 is 11.1 Å². The second-order valence-corrected chi connectivity index (χ2v) is 4.57. The fourth-order valence-electron chi connectivity index (χ4n) is 1.55. The molecule has 1 fully saturated rings. The maximum atomic E-state index is 11.7. The van der Waals surface area contributed by atoms with Gasteiger partial charge in [-0.25, -0.2) is 0 Å². The molecule has 1 aliphatic rings. The van der Waals surface area contributed by atoms with Crippen LogP contribution >= 0.6 is 15.9 Å². The van der Waals surface area contributed by atoms with Gasteiger partial charge in [0.1, 0.15) is 6.26 Å². The highest BCUT2D eigenvalue weighted by molar-refractivity contribution is 9.10. The van der Waals surface area contributed by atoms with E-state index in [9.17, 15) is 4.79 Å². The molecule has 15 heavy (non-hydrogen) atoms. The monoisotopic (exact) mass is 272 g/mol. The van der Waals surface area contributed by atoms with E-state index in [1.165, 1.54) is 6.26 Å². The van der Waals surface area contributed by atoms with E-state index in [1.807, 2.05) is 0 Å². The summed E-state index contributed by atoms with van der Waals surface area (Å²) in [7, 11) is 0. The third kappa shape index (κ3) is 2.60. The Bertz CT molecular complexity index is 360. The molecule has 0 bridgehead atoms. The molecule has 1 aliphatic carbocycles. The van der Waals surface area contributed by atoms with Crippen molar-refractivity contribution in [2.24, 2.45) is 11.7 Å². The smallest absolute Gasteiger partial charge is 0.254 e. The molecule has 1 amide bonds. The molecule has 4 nitrogen and oxygen atoms in total. The molecule has 2 rings (SSSR count). The topological polar surface area (TPSA) is 68.3 Å². The summed E-state index contributed by atoms with van der Waals surface area (Å²) >= 11 is 3.15. The van der Waals surface area contributed by atoms with Crippen molar-refractivity contribution < 1.29 is 9.21 Å². The minimum absolute atomic E-state index is 0.103. The van der Waals surface area contributed by atoms with Crippen LogP contribution in [-0.4, -0.2) is 18.5 Å². The van der Waals surface area contributed by atoms with Gasteiger partial charge in [0.15, 0.2) is 4.67 Å². The lowest BCUT2D eigenvalue weighted by molar-refractivity contribution is 0.0933. The number of halogens is 1. The van der Waals surface area contributed by atoms with Crippen molar-refractivity contribution in [3.8, 4) is 0 Å². The zero-order valence-electron chi connectivity index (χ0n) is 8.20. The summed E-state index contributed by atoms with van der Waals surface area (Å²) in [4.78, 5) is 11.7. The Morgan fingerprint density at radius 1 is 1.73 bits per heavy atom. The molecule has 1 aromatic heterocycles. The quantitative estimate of drug-likeness (QED) is 0.873. The lowest BCUT2D eigenvalue weighted by Gasteiger charge is -2.14. The molecule has 1 saturated carbocycles. The molecule has 82 valence electrons. The third-order valence-corrected chi connectivity index (χ3v) is 3.01. The van der Waals surface area contributed by atoms with Gasteiger partial charge in [-0.1, -0.05) is 0 Å². The lowest BCUT2D eigenvalue weighted by Crippen LogP contribution is -2.41. The Labute approximate surface area is 96.3 Å². The Balaban J connectivity index is 1.96. The van der Waals surface area contributed by atoms with Crippen LogP contribution in [0.1, 0.15) is 23.2 Å². The number of nitrogens with two attached hydrogens (primary N) is 1. The summed E-state index contributed by atoms with van der Waals surface area (Å²) in [6.07, 6.45) is 3.76. The highest BCUT2D eigenvalue weighted by Crippen LogP contribution is 2.32. The van der Waals surface area contributed by atoms with Crippen LogP contribution in [0.15, 0.2) is 21.4 Å². The fourth-order valence-corrected chi connectivity index (χ4v) is 1.89. The van der Waals surface area contributed by atoms with Gasteiger partial charge in [0.05, 0.1) is 5.56 Å². The molecule has 1 heterocycles. The number of amides is 1. The summed E-state index contributed by atoms with van der Waals surface area (Å²) < 4.78 is 5.56. The van der Waals surface area contributed by atoms with Crippen LogP contribution in [0, 0.1) is 5.92 Å². The molecule has 0 spiro atoms. The van der Waals surface area contributed by atoms with E-state index in [-0.39, 0.29) is 11.9 Å². The van der Waals surface area contributed by atoms with Crippen LogP contribution in [0.4, 0.5) is 0 Å². The van der Waals surface area contributed by atoms with E-state index < -0.39 is 0 Å². The normalized spacial score (nSPS) is 17.5. The van der Waals surface area contributed by atoms with E-state index in [1.54, 1.807) is 6.07 Å². The lowest BCUT2D eigenvalue weighted by atomic mass is 10.2. The first-order valence-electron chi connectivity index (χ1n) is 4.95. The van der Waals surface area contributed by atoms with E-state index in [0.717, 1.165) is 12.8 Å². The second kappa shape index (κ2) is 4.37. The zero-order valence-corrected chi connectivity index (χ0v) is 9.79. The van der Waals surface area contributed by atoms with Gasteiger partial charge in [0.25, 0.3) is 5.91 Å². The van der Waals surface area contributed by atoms with Gasteiger partial charge in [-0.15, -0.1) is 0 Å². The molecule has 1 atom stereocenters. The van der Waals surface area contributed by atoms with Crippen molar-refractivity contribution in [2.45, 2.75) is 18.9 Å². The van der Waals surface area contributed by atoms with Crippen LogP contribution in [0.5, 0.6) is 0 Å². The van der Waals surface area contributed by atoms with Crippen molar-refractivity contribution in [1.29, 1.82) is 0 Å². The predicted molar refractivity (Wildman–Crippen MR) is 59.4 cm³/mol. The predicted octanol–water partition coefficient (Wildman–Crippen LogP) is 1.51. The largest absolute Gasteiger partial charge is 0.457 e. The molecule has 0 saturated heterocycles. The first-order valence-corrected chi connectivity index (χ1v) is 5.75. The zero-order chi connectivity index (χ0) is 10.8. The number of hydrogen-bond acceptors (Lipinski definition) is 3. The Morgan fingerprint density at radius 3 is 2.93 bits per heavy atom. The average molecular weight is 273 g/mol. The summed E-state index contributed by atoms with van der Waals surface area (Å²) in [5, 5.41) is 2.91. The van der Waals surface area contributed by atoms with E-state index >= 15 is 0 Å². The van der Waals surface area contributed by atoms with Gasteiger partial charge in [0, 0.05) is 18.7 Å². The average Bonchev–Trinajstić information content (AvgIpc) is 2.97. The number of carbonyl (C=O) groups excluding carboxylic acids is 1.